The molecule has 0 saturated heterocycles. The highest BCUT2D eigenvalue weighted by Crippen LogP contribution is 2.34. The van der Waals surface area contributed by atoms with Crippen LogP contribution in [0.15, 0.2) is 110 Å². The molecule has 2 aliphatic rings. The van der Waals surface area contributed by atoms with Gasteiger partial charge in [-0.1, -0.05) is 49.2 Å². The van der Waals surface area contributed by atoms with Crippen molar-refractivity contribution in [2.75, 3.05) is 17.7 Å². The van der Waals surface area contributed by atoms with Gasteiger partial charge in [0.1, 0.15) is 23.9 Å². The van der Waals surface area contributed by atoms with Crippen molar-refractivity contribution < 1.29 is 14.6 Å². The lowest BCUT2D eigenvalue weighted by Gasteiger charge is -2.31. The molecule has 0 radical (unpaired) electrons. The fourth-order valence-corrected chi connectivity index (χ4v) is 9.08. The van der Waals surface area contributed by atoms with Gasteiger partial charge in [0.2, 0.25) is 0 Å². The van der Waals surface area contributed by atoms with Gasteiger partial charge in [-0.2, -0.15) is 20.4 Å². The number of alkyl halides is 1. The van der Waals surface area contributed by atoms with E-state index in [1.54, 1.807) is 31.1 Å². The fraction of sp³-hybridized carbons (Fsp3) is 0.360. The summed E-state index contributed by atoms with van der Waals surface area (Å²) >= 11 is 0. The number of aromatic nitrogens is 12. The summed E-state index contributed by atoms with van der Waals surface area (Å²) in [4.78, 5) is 19.1. The molecule has 0 aliphatic heterocycles. The third-order valence-corrected chi connectivity index (χ3v) is 12.8. The van der Waals surface area contributed by atoms with Crippen molar-refractivity contribution >= 4 is 11.6 Å². The Morgan fingerprint density at radius 1 is 0.500 bits per heavy atom. The van der Waals surface area contributed by atoms with Crippen molar-refractivity contribution in [2.45, 2.75) is 81.5 Å². The number of aryl methyl sites for hydroxylation is 4. The lowest BCUT2D eigenvalue weighted by Crippen LogP contribution is -2.46. The van der Waals surface area contributed by atoms with Crippen molar-refractivity contribution in [3.8, 4) is 67.3 Å². The number of rotatable bonds is 11. The number of hydrogen-bond donors (Lipinski definition) is 5. The van der Waals surface area contributed by atoms with E-state index in [9.17, 15) is 14.6 Å². The van der Waals surface area contributed by atoms with E-state index in [1.165, 1.54) is 0 Å². The number of aliphatic hydroxyl groups excluding tert-OH is 2. The van der Waals surface area contributed by atoms with Crippen LogP contribution in [0.5, 0.6) is 0 Å². The van der Waals surface area contributed by atoms with Crippen molar-refractivity contribution in [3.63, 3.8) is 0 Å². The molecule has 6 atom stereocenters. The molecule has 10 rings (SSSR count). The van der Waals surface area contributed by atoms with E-state index in [2.05, 4.69) is 53.5 Å². The Morgan fingerprint density at radius 3 is 1.35 bits per heavy atom. The maximum atomic E-state index is 14.2. The highest BCUT2D eigenvalue weighted by Gasteiger charge is 2.33. The molecule has 0 unspecified atom stereocenters. The van der Waals surface area contributed by atoms with Crippen LogP contribution in [0, 0.1) is 0 Å². The normalized spacial score (nSPS) is 20.6. The molecule has 8 aromatic rings. The summed E-state index contributed by atoms with van der Waals surface area (Å²) < 4.78 is 21.2. The molecular weight excluding hydrogens is 862 g/mol. The van der Waals surface area contributed by atoms with Gasteiger partial charge in [0.25, 0.3) is 0 Å². The van der Waals surface area contributed by atoms with Gasteiger partial charge < -0.3 is 26.2 Å². The van der Waals surface area contributed by atoms with Crippen LogP contribution in [0.3, 0.4) is 0 Å². The Hall–Kier alpha value is -7.15. The smallest absolute Gasteiger partial charge is 0.161 e. The van der Waals surface area contributed by atoms with Gasteiger partial charge in [-0.15, -0.1) is 0 Å². The quantitative estimate of drug-likeness (QED) is 0.0845. The Balaban J connectivity index is 0.000000170. The Labute approximate surface area is 394 Å². The van der Waals surface area contributed by atoms with E-state index in [0.29, 0.717) is 42.5 Å². The molecule has 5 N–H and O–H groups in total. The molecule has 2 fully saturated rings. The minimum atomic E-state index is -1.24. The average molecular weight is 920 g/mol. The standard InChI is InChI=1S/C26H32N8O.C24H26FN7O/c1-27-22-9-4-5-10-23(24(22)35)31-26-21(20-13-30-34(3)16-20)14-28-25(32-26)18-8-6-7-17(11-18)19-12-29-33(2)15-19;1-31-13-17(10-27-31)15-5-3-6-16(9-15)23-26-12-19(18-11-28-32(2)14-18)24(30-23)29-21-8-4-7-20(25)22(21)33/h6-8,11-16,22-24,27,35H,4-5,9-10H2,1-3H3,(H,28,31,32);3,5-6,9-14,20-22,33H,4,7-8H2,1-2H3,(H,26,29,30)/t22-,23-,24+;20-,21+,22-/m01/s1. The van der Waals surface area contributed by atoms with E-state index < -0.39 is 24.4 Å². The van der Waals surface area contributed by atoms with E-state index in [-0.39, 0.29) is 12.1 Å². The Kier molecular flexibility index (Phi) is 13.8. The predicted octanol–water partition coefficient (Wildman–Crippen LogP) is 6.86. The summed E-state index contributed by atoms with van der Waals surface area (Å²) in [5.74, 6) is 2.42. The maximum Gasteiger partial charge on any atom is 0.161 e. The van der Waals surface area contributed by atoms with Gasteiger partial charge in [-0.25, -0.2) is 24.3 Å². The maximum absolute atomic E-state index is 14.2. The number of likely N-dealkylation sites (N-methyl/N-ethyl adjacent to an activating group) is 1. The highest BCUT2D eigenvalue weighted by molar-refractivity contribution is 5.78. The summed E-state index contributed by atoms with van der Waals surface area (Å²) in [6.45, 7) is 0. The molecule has 2 aliphatic carbocycles. The number of halogens is 1. The number of anilines is 2. The highest BCUT2D eigenvalue weighted by atomic mass is 19.1. The summed E-state index contributed by atoms with van der Waals surface area (Å²) in [6, 6.07) is 15.6. The van der Waals surface area contributed by atoms with Crippen LogP contribution in [-0.2, 0) is 28.2 Å². The van der Waals surface area contributed by atoms with Gasteiger partial charge in [0.15, 0.2) is 11.6 Å². The first kappa shape index (κ1) is 46.0. The Bertz CT molecular complexity index is 2960. The lowest BCUT2D eigenvalue weighted by molar-refractivity contribution is 0.0342. The minimum absolute atomic E-state index is 0.0503. The topological polar surface area (TPSA) is 199 Å². The lowest BCUT2D eigenvalue weighted by atomic mass is 9.91. The second-order valence-corrected chi connectivity index (χ2v) is 17.8. The first-order valence-electron chi connectivity index (χ1n) is 23.1. The molecule has 17 nitrogen and oxygen atoms in total. The monoisotopic (exact) mass is 919 g/mol. The molecule has 6 heterocycles. The van der Waals surface area contributed by atoms with Gasteiger partial charge >= 0.3 is 0 Å². The molecule has 0 amide bonds. The molecule has 2 saturated carbocycles. The molecule has 18 heteroatoms. The van der Waals surface area contributed by atoms with E-state index >= 15 is 0 Å². The summed E-state index contributed by atoms with van der Waals surface area (Å²) in [5, 5.41) is 48.8. The first-order chi connectivity index (χ1) is 33.0. The molecule has 6 aromatic heterocycles. The van der Waals surface area contributed by atoms with Crippen molar-refractivity contribution in [1.29, 1.82) is 0 Å². The van der Waals surface area contributed by atoms with Gasteiger partial charge in [-0.05, 0) is 62.4 Å². The fourth-order valence-electron chi connectivity index (χ4n) is 9.08. The van der Waals surface area contributed by atoms with Crippen LogP contribution in [0.2, 0.25) is 0 Å². The number of hydrogen-bond acceptors (Lipinski definition) is 13. The van der Waals surface area contributed by atoms with E-state index in [1.807, 2.05) is 121 Å². The predicted molar refractivity (Wildman–Crippen MR) is 261 cm³/mol. The molecule has 2 aromatic carbocycles. The van der Waals surface area contributed by atoms with Crippen molar-refractivity contribution in [2.24, 2.45) is 28.2 Å². The summed E-state index contributed by atoms with van der Waals surface area (Å²) in [6.07, 6.45) is 21.5. The second kappa shape index (κ2) is 20.4. The zero-order valence-electron chi connectivity index (χ0n) is 38.9. The third-order valence-electron chi connectivity index (χ3n) is 12.8. The van der Waals surface area contributed by atoms with Crippen molar-refractivity contribution in [3.05, 3.63) is 110 Å². The average Bonchev–Trinajstić information content (AvgIpc) is 4.18. The molecular formula is C50H58FN15O2. The zero-order valence-corrected chi connectivity index (χ0v) is 38.9. The van der Waals surface area contributed by atoms with Crippen LogP contribution in [0.1, 0.15) is 44.9 Å². The van der Waals surface area contributed by atoms with E-state index in [0.717, 1.165) is 81.3 Å². The van der Waals surface area contributed by atoms with Crippen molar-refractivity contribution in [1.82, 2.24) is 64.4 Å². The third kappa shape index (κ3) is 10.4. The largest absolute Gasteiger partial charge is 0.389 e. The number of benzene rings is 2. The minimum Gasteiger partial charge on any atom is -0.389 e. The van der Waals surface area contributed by atoms with Crippen LogP contribution in [-0.4, -0.2) is 113 Å². The first-order valence-corrected chi connectivity index (χ1v) is 23.1. The SMILES string of the molecule is CN[C@H]1CCCC[C@H](Nc2nc(-c3cccc(-c4cnn(C)c4)c3)ncc2-c2cnn(C)c2)[C@@H]1O.Cn1cc(-c2cccc(-c3ncc(-c4cnn(C)c4)c(N[C@H]4CCC[C@@H](F)[C@H]4O)n3)c2)cn1. The van der Waals surface area contributed by atoms with Crippen LogP contribution in [0.25, 0.3) is 67.3 Å². The second-order valence-electron chi connectivity index (χ2n) is 17.8. The molecule has 352 valence electrons. The van der Waals surface area contributed by atoms with Crippen LogP contribution < -0.4 is 16.0 Å². The summed E-state index contributed by atoms with van der Waals surface area (Å²) in [7, 11) is 9.44. The number of aliphatic hydroxyl groups is 2. The number of nitrogens with zero attached hydrogens (tertiary/aromatic N) is 12. The molecule has 0 spiro atoms. The Morgan fingerprint density at radius 2 is 0.912 bits per heavy atom. The molecule has 68 heavy (non-hydrogen) atoms. The van der Waals surface area contributed by atoms with Crippen LogP contribution >= 0.6 is 0 Å². The van der Waals surface area contributed by atoms with E-state index in [4.69, 9.17) is 15.0 Å². The van der Waals surface area contributed by atoms with Gasteiger partial charge in [0.05, 0.1) is 43.0 Å². The molecule has 0 bridgehead atoms. The summed E-state index contributed by atoms with van der Waals surface area (Å²) in [5.41, 5.74) is 9.27. The number of nitrogens with one attached hydrogen (secondary N) is 3. The van der Waals surface area contributed by atoms with Crippen LogP contribution in [0.4, 0.5) is 16.0 Å². The van der Waals surface area contributed by atoms with Gasteiger partial charge in [-0.3, -0.25) is 18.7 Å². The zero-order chi connectivity index (χ0) is 47.3. The van der Waals surface area contributed by atoms with Gasteiger partial charge in [0, 0.05) is 116 Å².